The van der Waals surface area contributed by atoms with Gasteiger partial charge in [-0.3, -0.25) is 0 Å². The quantitative estimate of drug-likeness (QED) is 0.861. The lowest BCUT2D eigenvalue weighted by Crippen LogP contribution is -2.06. The minimum atomic E-state index is -0.386. The number of nitrogens with one attached hydrogen (secondary N) is 2. The fourth-order valence-corrected chi connectivity index (χ4v) is 1.30. The van der Waals surface area contributed by atoms with Crippen molar-refractivity contribution < 1.29 is 9.13 Å². The monoisotopic (exact) mass is 249 g/mol. The lowest BCUT2D eigenvalue weighted by atomic mass is 10.3. The molecular weight excluding hydrogens is 237 g/mol. The van der Waals surface area contributed by atoms with Gasteiger partial charge >= 0.3 is 6.01 Å². The van der Waals surface area contributed by atoms with Crippen molar-refractivity contribution in [2.24, 2.45) is 0 Å². The SMILES string of the molecule is CNc1nc(Nc2ccccc2F)nc(OC)n1. The largest absolute Gasteiger partial charge is 0.467 e. The summed E-state index contributed by atoms with van der Waals surface area (Å²) < 4.78 is 18.4. The van der Waals surface area contributed by atoms with E-state index in [1.807, 2.05) is 0 Å². The number of nitrogens with zero attached hydrogens (tertiary/aromatic N) is 3. The van der Waals surface area contributed by atoms with Crippen LogP contribution in [0.25, 0.3) is 0 Å². The van der Waals surface area contributed by atoms with Crippen LogP contribution in [0.15, 0.2) is 24.3 Å². The highest BCUT2D eigenvalue weighted by Gasteiger charge is 2.07. The lowest BCUT2D eigenvalue weighted by molar-refractivity contribution is 0.379. The van der Waals surface area contributed by atoms with Crippen molar-refractivity contribution in [1.82, 2.24) is 15.0 Å². The Balaban J connectivity index is 2.31. The number of methoxy groups -OCH3 is 1. The first-order valence-electron chi connectivity index (χ1n) is 5.22. The number of anilines is 3. The van der Waals surface area contributed by atoms with Crippen LogP contribution < -0.4 is 15.4 Å². The van der Waals surface area contributed by atoms with Gasteiger partial charge < -0.3 is 15.4 Å². The van der Waals surface area contributed by atoms with Crippen LogP contribution in [0, 0.1) is 5.82 Å². The van der Waals surface area contributed by atoms with Crippen molar-refractivity contribution in [2.75, 3.05) is 24.8 Å². The summed E-state index contributed by atoms with van der Waals surface area (Å²) in [5.74, 6) is 0.153. The predicted octanol–water partition coefficient (Wildman–Crippen LogP) is 1.80. The standard InChI is InChI=1S/C11H12FN5O/c1-13-9-15-10(17-11(16-9)18-2)14-8-6-4-3-5-7(8)12/h3-6H,1-2H3,(H2,13,14,15,16,17). The fraction of sp³-hybridized carbons (Fsp3) is 0.182. The molecule has 2 aromatic rings. The number of rotatable bonds is 4. The smallest absolute Gasteiger partial charge is 0.322 e. The summed E-state index contributed by atoms with van der Waals surface area (Å²) in [6.45, 7) is 0. The van der Waals surface area contributed by atoms with Gasteiger partial charge in [0.1, 0.15) is 5.82 Å². The van der Waals surface area contributed by atoms with Crippen LogP contribution in [-0.4, -0.2) is 29.1 Å². The van der Waals surface area contributed by atoms with E-state index in [2.05, 4.69) is 25.6 Å². The first-order chi connectivity index (χ1) is 8.72. The molecule has 0 saturated carbocycles. The zero-order valence-electron chi connectivity index (χ0n) is 9.94. The Hall–Kier alpha value is -2.44. The molecule has 0 unspecified atom stereocenters. The Morgan fingerprint density at radius 1 is 1.11 bits per heavy atom. The molecule has 0 aliphatic carbocycles. The van der Waals surface area contributed by atoms with Crippen molar-refractivity contribution in [2.45, 2.75) is 0 Å². The molecule has 0 saturated heterocycles. The molecule has 0 radical (unpaired) electrons. The second kappa shape index (κ2) is 5.26. The molecule has 0 bridgehead atoms. The second-order valence-electron chi connectivity index (χ2n) is 3.32. The maximum absolute atomic E-state index is 13.5. The molecule has 0 amide bonds. The third kappa shape index (κ3) is 2.62. The lowest BCUT2D eigenvalue weighted by Gasteiger charge is -2.08. The minimum Gasteiger partial charge on any atom is -0.467 e. The summed E-state index contributed by atoms with van der Waals surface area (Å²) >= 11 is 0. The van der Waals surface area contributed by atoms with Gasteiger partial charge in [-0.15, -0.1) is 0 Å². The Kier molecular flexibility index (Phi) is 3.52. The van der Waals surface area contributed by atoms with Gasteiger partial charge in [-0.25, -0.2) is 4.39 Å². The van der Waals surface area contributed by atoms with E-state index in [9.17, 15) is 4.39 Å². The second-order valence-corrected chi connectivity index (χ2v) is 3.32. The number of aromatic nitrogens is 3. The first-order valence-corrected chi connectivity index (χ1v) is 5.22. The average molecular weight is 249 g/mol. The Labute approximate surface area is 103 Å². The van der Waals surface area contributed by atoms with Crippen LogP contribution in [0.5, 0.6) is 6.01 Å². The van der Waals surface area contributed by atoms with Gasteiger partial charge in [0.25, 0.3) is 0 Å². The number of benzene rings is 1. The Morgan fingerprint density at radius 2 is 1.83 bits per heavy atom. The maximum atomic E-state index is 13.5. The maximum Gasteiger partial charge on any atom is 0.322 e. The summed E-state index contributed by atoms with van der Waals surface area (Å²) in [4.78, 5) is 12.0. The van der Waals surface area contributed by atoms with Crippen molar-refractivity contribution in [3.63, 3.8) is 0 Å². The predicted molar refractivity (Wildman–Crippen MR) is 65.6 cm³/mol. The number of ether oxygens (including phenoxy) is 1. The van der Waals surface area contributed by atoms with Crippen LogP contribution in [0.2, 0.25) is 0 Å². The molecule has 0 spiro atoms. The number of para-hydroxylation sites is 1. The molecule has 2 N–H and O–H groups in total. The number of hydrogen-bond acceptors (Lipinski definition) is 6. The van der Waals surface area contributed by atoms with Gasteiger partial charge in [0.15, 0.2) is 0 Å². The molecule has 94 valence electrons. The molecular formula is C11H12FN5O. The molecule has 0 aliphatic rings. The topological polar surface area (TPSA) is 72.0 Å². The van der Waals surface area contributed by atoms with E-state index in [1.165, 1.54) is 13.2 Å². The third-order valence-electron chi connectivity index (χ3n) is 2.14. The van der Waals surface area contributed by atoms with Crippen molar-refractivity contribution in [1.29, 1.82) is 0 Å². The Morgan fingerprint density at radius 3 is 2.50 bits per heavy atom. The van der Waals surface area contributed by atoms with Gasteiger partial charge in [-0.05, 0) is 12.1 Å². The molecule has 0 atom stereocenters. The number of halogens is 1. The van der Waals surface area contributed by atoms with Gasteiger partial charge in [-0.1, -0.05) is 12.1 Å². The molecule has 2 rings (SSSR count). The molecule has 0 aliphatic heterocycles. The van der Waals surface area contributed by atoms with Crippen LogP contribution in [0.3, 0.4) is 0 Å². The molecule has 6 nitrogen and oxygen atoms in total. The van der Waals surface area contributed by atoms with Crippen molar-refractivity contribution >= 4 is 17.6 Å². The summed E-state index contributed by atoms with van der Waals surface area (Å²) in [6, 6.07) is 6.40. The van der Waals surface area contributed by atoms with E-state index in [0.29, 0.717) is 5.95 Å². The van der Waals surface area contributed by atoms with Gasteiger partial charge in [0, 0.05) is 7.05 Å². The summed E-state index contributed by atoms with van der Waals surface area (Å²) in [6.07, 6.45) is 0. The van der Waals surface area contributed by atoms with Crippen molar-refractivity contribution in [3.05, 3.63) is 30.1 Å². The minimum absolute atomic E-state index is 0.146. The van der Waals surface area contributed by atoms with E-state index >= 15 is 0 Å². The highest BCUT2D eigenvalue weighted by atomic mass is 19.1. The average Bonchev–Trinajstić information content (AvgIpc) is 2.41. The van der Waals surface area contributed by atoms with E-state index in [-0.39, 0.29) is 23.5 Å². The molecule has 18 heavy (non-hydrogen) atoms. The van der Waals surface area contributed by atoms with Crippen LogP contribution in [0.4, 0.5) is 22.0 Å². The summed E-state index contributed by atoms with van der Waals surface area (Å²) in [5, 5.41) is 5.53. The Bertz CT molecular complexity index is 526. The molecule has 1 aromatic heterocycles. The van der Waals surface area contributed by atoms with Crippen LogP contribution >= 0.6 is 0 Å². The first kappa shape index (κ1) is 12.0. The highest BCUT2D eigenvalue weighted by Crippen LogP contribution is 2.18. The van der Waals surface area contributed by atoms with E-state index in [4.69, 9.17) is 4.74 Å². The zero-order valence-corrected chi connectivity index (χ0v) is 9.94. The van der Waals surface area contributed by atoms with Crippen LogP contribution in [-0.2, 0) is 0 Å². The van der Waals surface area contributed by atoms with Gasteiger partial charge in [-0.2, -0.15) is 15.0 Å². The molecule has 1 heterocycles. The van der Waals surface area contributed by atoms with Gasteiger partial charge in [0.05, 0.1) is 12.8 Å². The third-order valence-corrected chi connectivity index (χ3v) is 2.14. The molecule has 1 aromatic carbocycles. The van der Waals surface area contributed by atoms with Crippen molar-refractivity contribution in [3.8, 4) is 6.01 Å². The van der Waals surface area contributed by atoms with E-state index in [1.54, 1.807) is 25.2 Å². The normalized spacial score (nSPS) is 9.94. The number of hydrogen-bond donors (Lipinski definition) is 2. The van der Waals surface area contributed by atoms with E-state index < -0.39 is 0 Å². The fourth-order valence-electron chi connectivity index (χ4n) is 1.30. The highest BCUT2D eigenvalue weighted by molar-refractivity contribution is 5.54. The van der Waals surface area contributed by atoms with Crippen LogP contribution in [0.1, 0.15) is 0 Å². The summed E-state index contributed by atoms with van der Waals surface area (Å²) in [7, 11) is 3.11. The zero-order chi connectivity index (χ0) is 13.0. The molecule has 7 heteroatoms. The van der Waals surface area contributed by atoms with Gasteiger partial charge in [0.2, 0.25) is 11.9 Å². The van der Waals surface area contributed by atoms with E-state index in [0.717, 1.165) is 0 Å². The summed E-state index contributed by atoms with van der Waals surface area (Å²) in [5.41, 5.74) is 0.285. The molecule has 0 fully saturated rings.